The van der Waals surface area contributed by atoms with Crippen LogP contribution < -0.4 is 4.90 Å². The van der Waals surface area contributed by atoms with Gasteiger partial charge in [0.1, 0.15) is 22.4 Å². The summed E-state index contributed by atoms with van der Waals surface area (Å²) in [6.07, 6.45) is 0. The third-order valence-electron chi connectivity index (χ3n) is 6.90. The number of benzene rings is 7. The number of furan rings is 2. The monoisotopic (exact) mass is 602 g/mol. The highest BCUT2D eigenvalue weighted by molar-refractivity contribution is 6.24. The molecule has 0 aliphatic carbocycles. The summed E-state index contributed by atoms with van der Waals surface area (Å²) in [7, 11) is 0. The van der Waals surface area contributed by atoms with Gasteiger partial charge in [-0.15, -0.1) is 0 Å². The second kappa shape index (κ2) is 10.3. The lowest BCUT2D eigenvalue weighted by atomic mass is 10.0. The molecule has 0 bridgehead atoms. The van der Waals surface area contributed by atoms with Crippen molar-refractivity contribution < 1.29 is 43.1 Å². The topological polar surface area (TPSA) is 29.5 Å². The number of nitrogens with zero attached hydrogens (tertiary/aromatic N) is 1. The van der Waals surface area contributed by atoms with Gasteiger partial charge in [0.25, 0.3) is 0 Å². The van der Waals surface area contributed by atoms with Gasteiger partial charge in [0.2, 0.25) is 0 Å². The summed E-state index contributed by atoms with van der Waals surface area (Å²) in [6, 6.07) is -20.2. The number of fused-ring (bicyclic) bond motifs is 6. The summed E-state index contributed by atoms with van der Waals surface area (Å²) in [4.78, 5) is 0.616. The zero-order valence-corrected chi connectivity index (χ0v) is 22.4. The third-order valence-corrected chi connectivity index (χ3v) is 6.90. The van der Waals surface area contributed by atoms with Gasteiger partial charge < -0.3 is 13.7 Å². The molecule has 2 heterocycles. The van der Waals surface area contributed by atoms with E-state index in [9.17, 15) is 12.3 Å². The van der Waals surface area contributed by atoms with E-state index < -0.39 is 206 Å². The van der Waals surface area contributed by atoms with Gasteiger partial charge in [-0.3, -0.25) is 0 Å². The molecule has 0 fully saturated rings. The lowest BCUT2D eigenvalue weighted by Gasteiger charge is -2.27. The van der Waals surface area contributed by atoms with Crippen LogP contribution in [0.2, 0.25) is 0 Å². The summed E-state index contributed by atoms with van der Waals surface area (Å²) < 4.78 is 233. The van der Waals surface area contributed by atoms with Gasteiger partial charge in [0.05, 0.1) is 39.7 Å². The summed E-state index contributed by atoms with van der Waals surface area (Å²) in [5.74, 6) is 0. The van der Waals surface area contributed by atoms with Gasteiger partial charge in [0.15, 0.2) is 5.58 Å². The van der Waals surface area contributed by atoms with E-state index in [0.29, 0.717) is 4.90 Å². The Bertz CT molecular complexity index is 3660. The van der Waals surface area contributed by atoms with E-state index in [1.165, 1.54) is 0 Å². The summed E-state index contributed by atoms with van der Waals surface area (Å²) in [6.45, 7) is 0. The first kappa shape index (κ1) is 10.8. The smallest absolute Gasteiger partial charge is 0.160 e. The highest BCUT2D eigenvalue weighted by Crippen LogP contribution is 2.49. The van der Waals surface area contributed by atoms with Gasteiger partial charge in [-0.2, -0.15) is 0 Å². The summed E-state index contributed by atoms with van der Waals surface area (Å²) >= 11 is 0. The van der Waals surface area contributed by atoms with E-state index >= 15 is 0 Å². The molecule has 3 nitrogen and oxygen atoms in total. The van der Waals surface area contributed by atoms with Crippen LogP contribution >= 0.6 is 0 Å². The predicted molar refractivity (Wildman–Crippen MR) is 187 cm³/mol. The van der Waals surface area contributed by atoms with E-state index in [-0.39, 0.29) is 28.4 Å². The Morgan fingerprint density at radius 2 is 0.978 bits per heavy atom. The minimum Gasteiger partial charge on any atom is -0.456 e. The van der Waals surface area contributed by atoms with E-state index in [0.717, 1.165) is 12.1 Å². The van der Waals surface area contributed by atoms with Crippen molar-refractivity contribution >= 4 is 60.9 Å². The molecular weight excluding hydrogens is 550 g/mol. The van der Waals surface area contributed by atoms with Crippen molar-refractivity contribution in [1.29, 1.82) is 0 Å². The summed E-state index contributed by atoms with van der Waals surface area (Å²) in [5.41, 5.74) is -7.70. The first-order valence-electron chi connectivity index (χ1n) is 25.6. The first-order valence-corrected chi connectivity index (χ1v) is 13.1. The van der Waals surface area contributed by atoms with Gasteiger partial charge >= 0.3 is 0 Å². The lowest BCUT2D eigenvalue weighted by molar-refractivity contribution is 0.664. The van der Waals surface area contributed by atoms with Gasteiger partial charge in [-0.1, -0.05) is 121 Å². The van der Waals surface area contributed by atoms with Gasteiger partial charge in [-0.05, 0) is 64.6 Å². The van der Waals surface area contributed by atoms with Crippen molar-refractivity contribution in [2.75, 3.05) is 4.90 Å². The lowest BCUT2D eigenvalue weighted by Crippen LogP contribution is -2.10. The molecule has 9 aromatic rings. The molecule has 7 aromatic carbocycles. The Balaban J connectivity index is 1.57. The second-order valence-electron chi connectivity index (χ2n) is 9.43. The SMILES string of the molecule is [2H]c1cc2oc3c(N(c4c([2H])c([2H])c(-c5c([2H])c([2H])c([2H])c([2H])c5[2H])c([2H])c4[2H])c4c([2H])c([2H])c(-c5c([2H])c([2H])c([2H])c([2H])c5[2H])c([2H])c4[2H])c4c(oc5c([2H])c([2H])c([2H])c([2H])c54)c([2H])c3c2cc1[2H]. The third kappa shape index (κ3) is 4.21. The molecule has 9 rings (SSSR count). The van der Waals surface area contributed by atoms with Crippen LogP contribution in [-0.4, -0.2) is 0 Å². The Morgan fingerprint density at radius 3 is 1.62 bits per heavy atom. The number of rotatable bonds is 5. The van der Waals surface area contributed by atoms with Gasteiger partial charge in [0, 0.05) is 27.5 Å². The molecule has 0 N–H and O–H groups in total. The van der Waals surface area contributed by atoms with E-state index in [2.05, 4.69) is 0 Å². The maximum atomic E-state index is 9.60. The molecule has 0 atom stereocenters. The fraction of sp³-hybridized carbons (Fsp3) is 0. The highest BCUT2D eigenvalue weighted by atomic mass is 16.3. The minimum absolute atomic E-state index is 0.0590. The maximum absolute atomic E-state index is 9.60. The number of hydrogen-bond acceptors (Lipinski definition) is 3. The van der Waals surface area contributed by atoms with Crippen LogP contribution in [0.15, 0.2) is 172 Å². The molecule has 0 aliphatic rings. The molecule has 3 heteroatoms. The van der Waals surface area contributed by atoms with E-state index in [4.69, 9.17) is 30.8 Å². The van der Waals surface area contributed by atoms with Crippen LogP contribution in [0, 0.1) is 0 Å². The number of hydrogen-bond donors (Lipinski definition) is 0. The largest absolute Gasteiger partial charge is 0.456 e. The van der Waals surface area contributed by atoms with Crippen LogP contribution in [0.5, 0.6) is 0 Å². The zero-order chi connectivity index (χ0) is 51.5. The van der Waals surface area contributed by atoms with Gasteiger partial charge in [-0.25, -0.2) is 0 Å². The molecule has 0 saturated carbocycles. The Hall–Kier alpha value is -6.06. The second-order valence-corrected chi connectivity index (χ2v) is 9.43. The molecule has 0 unspecified atom stereocenters. The molecule has 0 amide bonds. The zero-order valence-electron chi connectivity index (χ0n) is 47.4. The summed E-state index contributed by atoms with van der Waals surface area (Å²) in [5, 5.41) is -1.37. The Kier molecular flexibility index (Phi) is 2.48. The maximum Gasteiger partial charge on any atom is 0.160 e. The van der Waals surface area contributed by atoms with Crippen LogP contribution in [0.3, 0.4) is 0 Å². The molecule has 0 radical (unpaired) electrons. The standard InChI is InChI=1S/C42H27NO2/c1-3-11-28(12-4-1)30-19-23-32(24-20-30)43(33-25-21-31(22-26-33)29-13-5-2-6-14-29)41-40-35-16-8-10-18-38(35)44-39(40)27-36-34-15-7-9-17-37(34)45-42(36)41/h1-27H/i1D,2D,3D,4D,5D,6D,7D,8D,9D,10D,11D,12D,13D,14D,16D,18D,19D,20D,21D,22D,23D,24D,25D,26D,27D. The predicted octanol–water partition coefficient (Wildman–Crippen LogP) is 12.3. The molecule has 0 saturated heterocycles. The van der Waals surface area contributed by atoms with Crippen LogP contribution in [0.25, 0.3) is 66.1 Å². The van der Waals surface area contributed by atoms with Crippen LogP contribution in [-0.2, 0) is 0 Å². The fourth-order valence-corrected chi connectivity index (χ4v) is 4.97. The molecule has 0 spiro atoms. The van der Waals surface area contributed by atoms with Crippen molar-refractivity contribution in [3.63, 3.8) is 0 Å². The molecule has 45 heavy (non-hydrogen) atoms. The highest BCUT2D eigenvalue weighted by Gasteiger charge is 2.26. The number of para-hydroxylation sites is 2. The number of anilines is 3. The molecule has 212 valence electrons. The Labute approximate surface area is 295 Å². The first-order chi connectivity index (χ1) is 32.7. The fourth-order valence-electron chi connectivity index (χ4n) is 4.97. The van der Waals surface area contributed by atoms with Crippen LogP contribution in [0.4, 0.5) is 17.1 Å². The van der Waals surface area contributed by atoms with Crippen LogP contribution in [0.1, 0.15) is 34.3 Å². The van der Waals surface area contributed by atoms with Crippen molar-refractivity contribution in [2.24, 2.45) is 0 Å². The van der Waals surface area contributed by atoms with E-state index in [1.807, 2.05) is 0 Å². The molecule has 2 aromatic heterocycles. The van der Waals surface area contributed by atoms with Crippen molar-refractivity contribution in [3.8, 4) is 22.3 Å². The van der Waals surface area contributed by atoms with Crippen molar-refractivity contribution in [2.45, 2.75) is 0 Å². The quantitative estimate of drug-likeness (QED) is 0.196. The molecule has 0 aliphatic heterocycles. The normalized spacial score (nSPS) is 19.3. The average molecular weight is 603 g/mol. The van der Waals surface area contributed by atoms with Crippen molar-refractivity contribution in [3.05, 3.63) is 163 Å². The Morgan fingerprint density at radius 1 is 0.422 bits per heavy atom. The van der Waals surface area contributed by atoms with E-state index in [1.54, 1.807) is 0 Å². The van der Waals surface area contributed by atoms with Crippen molar-refractivity contribution in [1.82, 2.24) is 0 Å². The average Bonchev–Trinajstić information content (AvgIpc) is 3.90. The molecular formula is C42H27NO2. The minimum atomic E-state index is -1.14.